The van der Waals surface area contributed by atoms with Gasteiger partial charge in [-0.25, -0.2) is 23.7 Å². The zero-order valence-corrected chi connectivity index (χ0v) is 24.6. The Morgan fingerprint density at radius 2 is 1.86 bits per heavy atom. The van der Waals surface area contributed by atoms with Gasteiger partial charge < -0.3 is 20.1 Å². The van der Waals surface area contributed by atoms with Crippen LogP contribution in [0.5, 0.6) is 0 Å². The monoisotopic (exact) mass is 683 g/mol. The summed E-state index contributed by atoms with van der Waals surface area (Å²) in [4.78, 5) is 8.47. The van der Waals surface area contributed by atoms with E-state index in [2.05, 4.69) is 41.3 Å². The first-order valence-electron chi connectivity index (χ1n) is 12.8. The van der Waals surface area contributed by atoms with Crippen molar-refractivity contribution in [1.82, 2.24) is 34.7 Å². The summed E-state index contributed by atoms with van der Waals surface area (Å²) in [6, 6.07) is 5.22. The number of aliphatic hydroxyl groups excluding tert-OH is 3. The SMILES string of the molecule is Cc1nc([C@@H]2O[C@H](CO)[C@H](O)[C@H](n3cc(-c4ccc(Br)c(F)c4)nn3)[C@H]2O)n(-c2cc3sc(C)nc3cc2C(F)(F)F)n1. The minimum atomic E-state index is -4.79. The van der Waals surface area contributed by atoms with E-state index < -0.39 is 54.6 Å². The lowest BCUT2D eigenvalue weighted by atomic mass is 9.92. The molecular weight excluding hydrogens is 662 g/mol. The number of alkyl halides is 3. The van der Waals surface area contributed by atoms with Crippen molar-refractivity contribution in [2.45, 2.75) is 50.5 Å². The average molecular weight is 684 g/mol. The van der Waals surface area contributed by atoms with Crippen molar-refractivity contribution in [2.24, 2.45) is 0 Å². The third kappa shape index (κ3) is 5.33. The number of ether oxygens (including phenoxy) is 1. The van der Waals surface area contributed by atoms with Crippen molar-refractivity contribution in [3.63, 3.8) is 0 Å². The maximum absolute atomic E-state index is 14.3. The summed E-state index contributed by atoms with van der Waals surface area (Å²) >= 11 is 4.28. The Morgan fingerprint density at radius 1 is 1.09 bits per heavy atom. The third-order valence-electron chi connectivity index (χ3n) is 7.06. The molecule has 6 rings (SSSR count). The van der Waals surface area contributed by atoms with Crippen molar-refractivity contribution in [3.05, 3.63) is 69.0 Å². The number of aliphatic hydroxyl groups is 3. The van der Waals surface area contributed by atoms with Gasteiger partial charge in [-0.2, -0.15) is 18.3 Å². The van der Waals surface area contributed by atoms with Crippen LogP contribution >= 0.6 is 27.3 Å². The number of rotatable bonds is 5. The molecule has 0 spiro atoms. The van der Waals surface area contributed by atoms with Gasteiger partial charge in [0.25, 0.3) is 0 Å². The van der Waals surface area contributed by atoms with Crippen LogP contribution in [0, 0.1) is 19.7 Å². The minimum Gasteiger partial charge on any atom is -0.394 e. The summed E-state index contributed by atoms with van der Waals surface area (Å²) in [7, 11) is 0. The highest BCUT2D eigenvalue weighted by molar-refractivity contribution is 9.10. The van der Waals surface area contributed by atoms with Crippen LogP contribution in [0.15, 0.2) is 41.0 Å². The van der Waals surface area contributed by atoms with Gasteiger partial charge in [0.2, 0.25) is 0 Å². The minimum absolute atomic E-state index is 0.0861. The van der Waals surface area contributed by atoms with Crippen LogP contribution in [0.2, 0.25) is 0 Å². The highest BCUT2D eigenvalue weighted by Crippen LogP contribution is 2.42. The lowest BCUT2D eigenvalue weighted by Gasteiger charge is -2.41. The predicted molar refractivity (Wildman–Crippen MR) is 148 cm³/mol. The molecule has 1 aliphatic heterocycles. The number of benzene rings is 2. The van der Waals surface area contributed by atoms with E-state index in [1.165, 1.54) is 42.7 Å². The number of halogens is 5. The Balaban J connectivity index is 1.44. The molecule has 1 saturated heterocycles. The molecule has 0 aliphatic carbocycles. The Kier molecular flexibility index (Phi) is 7.58. The van der Waals surface area contributed by atoms with E-state index in [0.29, 0.717) is 15.3 Å². The van der Waals surface area contributed by atoms with Gasteiger partial charge in [-0.05, 0) is 54.0 Å². The summed E-state index contributed by atoms with van der Waals surface area (Å²) < 4.78 is 65.6. The van der Waals surface area contributed by atoms with E-state index in [1.54, 1.807) is 13.0 Å². The molecule has 17 heteroatoms. The summed E-state index contributed by atoms with van der Waals surface area (Å²) in [5, 5.41) is 45.4. The molecule has 1 aliphatic rings. The summed E-state index contributed by atoms with van der Waals surface area (Å²) in [6.45, 7) is 2.44. The number of nitrogens with zero attached hydrogens (tertiary/aromatic N) is 7. The first kappa shape index (κ1) is 29.7. The topological polar surface area (TPSA) is 144 Å². The second-order valence-corrected chi connectivity index (χ2v) is 12.0. The van der Waals surface area contributed by atoms with Gasteiger partial charge in [-0.1, -0.05) is 11.3 Å². The van der Waals surface area contributed by atoms with E-state index >= 15 is 0 Å². The maximum atomic E-state index is 14.3. The van der Waals surface area contributed by atoms with Gasteiger partial charge in [0.15, 0.2) is 5.82 Å². The van der Waals surface area contributed by atoms with Gasteiger partial charge >= 0.3 is 6.18 Å². The molecule has 0 saturated carbocycles. The standard InChI is InChI=1S/C26H22BrF4N7O4S/c1-10-32-25(38(35-10)18-7-20-16(33-11(2)43-20)6-13(18)26(29,30)31)24-23(41)21(22(40)19(9-39)42-24)37-8-17(34-36-37)12-3-4-14(27)15(28)5-12/h3-8,19,21-24,39-41H,9H2,1-2H3/t19-,21+,22+,23-,24-/m1/s1. The Bertz CT molecular complexity index is 1830. The molecule has 0 bridgehead atoms. The zero-order valence-electron chi connectivity index (χ0n) is 22.2. The number of aromatic nitrogens is 7. The zero-order chi connectivity index (χ0) is 30.8. The number of hydrogen-bond acceptors (Lipinski definition) is 10. The van der Waals surface area contributed by atoms with Gasteiger partial charge in [-0.15, -0.1) is 16.4 Å². The van der Waals surface area contributed by atoms with Crippen molar-refractivity contribution >= 4 is 37.5 Å². The van der Waals surface area contributed by atoms with Gasteiger partial charge in [-0.3, -0.25) is 0 Å². The first-order chi connectivity index (χ1) is 20.3. The molecular formula is C26H22BrF4N7O4S. The van der Waals surface area contributed by atoms with Gasteiger partial charge in [0.1, 0.15) is 47.8 Å². The number of thiazole rings is 1. The van der Waals surface area contributed by atoms with Crippen molar-refractivity contribution < 1.29 is 37.6 Å². The van der Waals surface area contributed by atoms with E-state index in [-0.39, 0.29) is 33.0 Å². The lowest BCUT2D eigenvalue weighted by molar-refractivity contribution is -0.210. The van der Waals surface area contributed by atoms with E-state index in [9.17, 15) is 32.9 Å². The molecule has 3 N–H and O–H groups in total. The second kappa shape index (κ2) is 11.0. The fourth-order valence-electron chi connectivity index (χ4n) is 5.11. The molecule has 5 atom stereocenters. The molecule has 0 unspecified atom stereocenters. The fourth-order valence-corrected chi connectivity index (χ4v) is 6.20. The van der Waals surface area contributed by atoms with E-state index in [1.807, 2.05) is 0 Å². The predicted octanol–water partition coefficient (Wildman–Crippen LogP) is 4.07. The van der Waals surface area contributed by atoms with E-state index in [4.69, 9.17) is 4.74 Å². The summed E-state index contributed by atoms with van der Waals surface area (Å²) in [5.74, 6) is -0.650. The Labute approximate surface area is 252 Å². The lowest BCUT2D eigenvalue weighted by Crippen LogP contribution is -2.53. The van der Waals surface area contributed by atoms with Crippen molar-refractivity contribution in [2.75, 3.05) is 6.61 Å². The molecule has 5 aromatic rings. The molecule has 11 nitrogen and oxygen atoms in total. The van der Waals surface area contributed by atoms with Crippen LogP contribution in [0.4, 0.5) is 17.6 Å². The normalized spacial score (nSPS) is 22.9. The van der Waals surface area contributed by atoms with Gasteiger partial charge in [0, 0.05) is 5.56 Å². The summed E-state index contributed by atoms with van der Waals surface area (Å²) in [6.07, 6.45) is -9.36. The van der Waals surface area contributed by atoms with Crippen LogP contribution in [-0.4, -0.2) is 75.0 Å². The van der Waals surface area contributed by atoms with Crippen molar-refractivity contribution in [3.8, 4) is 16.9 Å². The van der Waals surface area contributed by atoms with E-state index in [0.717, 1.165) is 15.4 Å². The molecule has 0 radical (unpaired) electrons. The smallest absolute Gasteiger partial charge is 0.394 e. The molecule has 1 fully saturated rings. The first-order valence-corrected chi connectivity index (χ1v) is 14.4. The third-order valence-corrected chi connectivity index (χ3v) is 8.64. The molecule has 3 aromatic heterocycles. The highest BCUT2D eigenvalue weighted by Gasteiger charge is 2.49. The quantitative estimate of drug-likeness (QED) is 0.234. The van der Waals surface area contributed by atoms with Crippen LogP contribution < -0.4 is 0 Å². The number of hydrogen-bond donors (Lipinski definition) is 3. The molecule has 4 heterocycles. The fraction of sp³-hybridized carbons (Fsp3) is 0.346. The van der Waals surface area contributed by atoms with Gasteiger partial charge in [0.05, 0.1) is 43.8 Å². The van der Waals surface area contributed by atoms with Crippen LogP contribution in [0.3, 0.4) is 0 Å². The molecule has 2 aromatic carbocycles. The molecule has 0 amide bonds. The van der Waals surface area contributed by atoms with Crippen LogP contribution in [-0.2, 0) is 10.9 Å². The number of fused-ring (bicyclic) bond motifs is 1. The Morgan fingerprint density at radius 3 is 2.56 bits per heavy atom. The maximum Gasteiger partial charge on any atom is 0.418 e. The molecule has 226 valence electrons. The number of aryl methyl sites for hydroxylation is 2. The second-order valence-electron chi connectivity index (χ2n) is 9.96. The highest BCUT2D eigenvalue weighted by atomic mass is 79.9. The average Bonchev–Trinajstić information content (AvgIpc) is 3.67. The van der Waals surface area contributed by atoms with Crippen LogP contribution in [0.1, 0.15) is 34.4 Å². The van der Waals surface area contributed by atoms with Crippen molar-refractivity contribution in [1.29, 1.82) is 0 Å². The summed E-state index contributed by atoms with van der Waals surface area (Å²) in [5.41, 5.74) is -0.640. The largest absolute Gasteiger partial charge is 0.418 e. The van der Waals surface area contributed by atoms with Crippen LogP contribution in [0.25, 0.3) is 27.2 Å². The Hall–Kier alpha value is -3.35. The molecule has 43 heavy (non-hydrogen) atoms.